The van der Waals surface area contributed by atoms with Crippen molar-refractivity contribution >= 4 is 22.3 Å². The summed E-state index contributed by atoms with van der Waals surface area (Å²) in [5.41, 5.74) is 3.57. The highest BCUT2D eigenvalue weighted by Gasteiger charge is 2.14. The minimum Gasteiger partial charge on any atom is -0.489 e. The van der Waals surface area contributed by atoms with Gasteiger partial charge in [0.2, 0.25) is 6.41 Å². The predicted octanol–water partition coefficient (Wildman–Crippen LogP) is 6.54. The maximum Gasteiger partial charge on any atom is 0.211 e. The first kappa shape index (κ1) is 25.9. The lowest BCUT2D eigenvalue weighted by Gasteiger charge is -2.18. The average Bonchev–Trinajstić information content (AvgIpc) is 2.66. The van der Waals surface area contributed by atoms with E-state index < -0.39 is 0 Å². The number of carbonyl (C=O) groups is 1. The molecule has 0 aliphatic carbocycles. The van der Waals surface area contributed by atoms with Crippen molar-refractivity contribution in [2.75, 3.05) is 11.9 Å². The number of carbonyl (C=O) groups excluding carboxylic acids is 1. The number of ether oxygens (including phenoxy) is 1. The summed E-state index contributed by atoms with van der Waals surface area (Å²) in [6.45, 7) is 16.3. The molecule has 0 fully saturated rings. The molecule has 0 unspecified atom stereocenters. The predicted molar refractivity (Wildman–Crippen MR) is 125 cm³/mol. The van der Waals surface area contributed by atoms with E-state index >= 15 is 0 Å². The molecule has 0 spiro atoms. The standard InChI is InChI=1S/C24H34BrNO2/c1-7-10-12-20(6)17-28-24(16-21(9-3)11-8-2)22(13-14-25)23(26-18-27)15-19(4)5/h7-9,11,13,15-16,18-19H,1,6,10,12,14,17H2,2-5H3,(H,26,27)/b11-8-,21-9+,22-13+,23-15+,24-16-. The highest BCUT2D eigenvalue weighted by molar-refractivity contribution is 9.09. The molecule has 0 rings (SSSR count). The number of allylic oxidation sites excluding steroid dienone is 8. The number of rotatable bonds is 14. The normalized spacial score (nSPS) is 13.8. The summed E-state index contributed by atoms with van der Waals surface area (Å²) in [6, 6.07) is 0. The first-order valence-electron chi connectivity index (χ1n) is 9.53. The van der Waals surface area contributed by atoms with Crippen molar-refractivity contribution in [1.82, 2.24) is 5.32 Å². The van der Waals surface area contributed by atoms with Gasteiger partial charge in [-0.1, -0.05) is 72.8 Å². The summed E-state index contributed by atoms with van der Waals surface area (Å²) in [4.78, 5) is 11.2. The highest BCUT2D eigenvalue weighted by atomic mass is 79.9. The molecule has 0 heterocycles. The largest absolute Gasteiger partial charge is 0.489 e. The molecule has 0 aromatic heterocycles. The van der Waals surface area contributed by atoms with Gasteiger partial charge in [-0.25, -0.2) is 0 Å². The smallest absolute Gasteiger partial charge is 0.211 e. The fraction of sp³-hybridized carbons (Fsp3) is 0.375. The monoisotopic (exact) mass is 447 g/mol. The quantitative estimate of drug-likeness (QED) is 0.108. The molecule has 0 aromatic rings. The van der Waals surface area contributed by atoms with Crippen LogP contribution in [0.1, 0.15) is 40.5 Å². The maximum absolute atomic E-state index is 11.2. The second-order valence-electron chi connectivity index (χ2n) is 6.52. The third-order valence-electron chi connectivity index (χ3n) is 3.68. The van der Waals surface area contributed by atoms with Crippen LogP contribution in [0.5, 0.6) is 0 Å². The first-order chi connectivity index (χ1) is 13.4. The van der Waals surface area contributed by atoms with Crippen LogP contribution in [0.25, 0.3) is 0 Å². The van der Waals surface area contributed by atoms with Gasteiger partial charge in [0.25, 0.3) is 0 Å². The summed E-state index contributed by atoms with van der Waals surface area (Å²) in [7, 11) is 0. The van der Waals surface area contributed by atoms with Crippen LogP contribution >= 0.6 is 15.9 Å². The lowest BCUT2D eigenvalue weighted by Crippen LogP contribution is -2.16. The fourth-order valence-corrected chi connectivity index (χ4v) is 2.68. The average molecular weight is 448 g/mol. The molecular weight excluding hydrogens is 414 g/mol. The molecule has 0 bridgehead atoms. The molecule has 154 valence electrons. The molecule has 0 aliphatic heterocycles. The third-order valence-corrected chi connectivity index (χ3v) is 4.00. The first-order valence-corrected chi connectivity index (χ1v) is 10.6. The molecule has 4 heteroatoms. The second-order valence-corrected chi connectivity index (χ2v) is 7.17. The van der Waals surface area contributed by atoms with E-state index in [-0.39, 0.29) is 5.92 Å². The van der Waals surface area contributed by atoms with Crippen LogP contribution < -0.4 is 5.32 Å². The van der Waals surface area contributed by atoms with E-state index in [1.54, 1.807) is 0 Å². The molecule has 0 aliphatic rings. The van der Waals surface area contributed by atoms with E-state index in [9.17, 15) is 4.79 Å². The van der Waals surface area contributed by atoms with Crippen LogP contribution in [0.3, 0.4) is 0 Å². The molecule has 0 radical (unpaired) electrons. The fourth-order valence-electron chi connectivity index (χ4n) is 2.36. The Hall–Kier alpha value is -2.07. The Bertz CT molecular complexity index is 664. The van der Waals surface area contributed by atoms with E-state index in [2.05, 4.69) is 48.3 Å². The maximum atomic E-state index is 11.2. The van der Waals surface area contributed by atoms with Gasteiger partial charge in [-0.05, 0) is 49.8 Å². The number of hydrogen-bond donors (Lipinski definition) is 1. The Labute approximate surface area is 179 Å². The number of amides is 1. The van der Waals surface area contributed by atoms with Crippen molar-refractivity contribution in [3.05, 3.63) is 83.9 Å². The molecule has 0 saturated heterocycles. The van der Waals surface area contributed by atoms with Crippen LogP contribution in [-0.2, 0) is 9.53 Å². The lowest BCUT2D eigenvalue weighted by molar-refractivity contribution is -0.108. The van der Waals surface area contributed by atoms with E-state index in [0.717, 1.165) is 35.3 Å². The van der Waals surface area contributed by atoms with Crippen molar-refractivity contribution < 1.29 is 9.53 Å². The van der Waals surface area contributed by atoms with Gasteiger partial charge in [-0.15, -0.1) is 6.58 Å². The Morgan fingerprint density at radius 2 is 2.00 bits per heavy atom. The summed E-state index contributed by atoms with van der Waals surface area (Å²) in [5.74, 6) is 0.952. The van der Waals surface area contributed by atoms with Crippen LogP contribution in [0.4, 0.5) is 0 Å². The molecule has 0 aromatic carbocycles. The zero-order chi connectivity index (χ0) is 21.4. The van der Waals surface area contributed by atoms with Gasteiger partial charge < -0.3 is 10.1 Å². The topological polar surface area (TPSA) is 38.3 Å². The van der Waals surface area contributed by atoms with Gasteiger partial charge in [-0.2, -0.15) is 0 Å². The van der Waals surface area contributed by atoms with Crippen LogP contribution in [0.2, 0.25) is 0 Å². The van der Waals surface area contributed by atoms with Gasteiger partial charge >= 0.3 is 0 Å². The van der Waals surface area contributed by atoms with Gasteiger partial charge in [0.05, 0.1) is 0 Å². The third kappa shape index (κ3) is 10.9. The molecule has 0 atom stereocenters. The number of halogens is 1. The molecular formula is C24H34BrNO2. The van der Waals surface area contributed by atoms with Crippen LogP contribution in [-0.4, -0.2) is 18.3 Å². The zero-order valence-electron chi connectivity index (χ0n) is 17.6. The number of alkyl halides is 1. The highest BCUT2D eigenvalue weighted by Crippen LogP contribution is 2.24. The Balaban J connectivity index is 6.08. The molecule has 1 N–H and O–H groups in total. The molecule has 1 amide bonds. The Kier molecular flexibility index (Phi) is 14.8. The van der Waals surface area contributed by atoms with E-state index in [1.807, 2.05) is 56.4 Å². The summed E-state index contributed by atoms with van der Waals surface area (Å²) >= 11 is 3.47. The summed E-state index contributed by atoms with van der Waals surface area (Å²) in [5, 5.41) is 3.45. The molecule has 28 heavy (non-hydrogen) atoms. The van der Waals surface area contributed by atoms with Crippen molar-refractivity contribution in [3.63, 3.8) is 0 Å². The van der Waals surface area contributed by atoms with Gasteiger partial charge in [0, 0.05) is 16.6 Å². The van der Waals surface area contributed by atoms with Crippen molar-refractivity contribution in [1.29, 1.82) is 0 Å². The SMILES string of the molecule is C=CCCC(=C)COC(=C\C(\C=C/C)=C\C)/C(=C/CBr)C(=C\C(C)C)/NC=O. The van der Waals surface area contributed by atoms with Crippen LogP contribution in [0, 0.1) is 5.92 Å². The Morgan fingerprint density at radius 1 is 1.29 bits per heavy atom. The zero-order valence-corrected chi connectivity index (χ0v) is 19.2. The van der Waals surface area contributed by atoms with Gasteiger partial charge in [0.15, 0.2) is 0 Å². The van der Waals surface area contributed by atoms with Crippen molar-refractivity contribution in [2.45, 2.75) is 40.5 Å². The second kappa shape index (κ2) is 15.9. The number of nitrogens with one attached hydrogen (secondary N) is 1. The minimum atomic E-state index is 0.265. The number of hydrogen-bond acceptors (Lipinski definition) is 2. The Morgan fingerprint density at radius 3 is 2.50 bits per heavy atom. The van der Waals surface area contributed by atoms with E-state index in [4.69, 9.17) is 4.74 Å². The van der Waals surface area contributed by atoms with E-state index in [1.165, 1.54) is 0 Å². The summed E-state index contributed by atoms with van der Waals surface area (Å²) < 4.78 is 6.17. The summed E-state index contributed by atoms with van der Waals surface area (Å²) in [6.07, 6.45) is 16.3. The lowest BCUT2D eigenvalue weighted by atomic mass is 10.0. The van der Waals surface area contributed by atoms with Crippen molar-refractivity contribution in [3.8, 4) is 0 Å². The minimum absolute atomic E-state index is 0.265. The molecule has 0 saturated carbocycles. The molecule has 3 nitrogen and oxygen atoms in total. The van der Waals surface area contributed by atoms with Crippen LogP contribution in [0.15, 0.2) is 83.9 Å². The van der Waals surface area contributed by atoms with E-state index in [0.29, 0.717) is 24.1 Å². The van der Waals surface area contributed by atoms with Gasteiger partial charge in [-0.3, -0.25) is 4.79 Å². The van der Waals surface area contributed by atoms with Gasteiger partial charge in [0.1, 0.15) is 12.4 Å². The van der Waals surface area contributed by atoms with Crippen molar-refractivity contribution in [2.24, 2.45) is 5.92 Å².